The quantitative estimate of drug-likeness (QED) is 0.720. The molecule has 0 fully saturated rings. The van der Waals surface area contributed by atoms with Crippen LogP contribution in [0.4, 0.5) is 4.79 Å². The maximum Gasteiger partial charge on any atom is 0.315 e. The molecule has 0 aliphatic heterocycles. The Hall–Kier alpha value is -2.31. The smallest absolute Gasteiger partial charge is 0.315 e. The summed E-state index contributed by atoms with van der Waals surface area (Å²) in [5, 5.41) is 16.1. The van der Waals surface area contributed by atoms with E-state index in [9.17, 15) is 9.90 Å². The summed E-state index contributed by atoms with van der Waals surface area (Å²) in [6.07, 6.45) is 0. The first-order chi connectivity index (χ1) is 11.8. The first kappa shape index (κ1) is 19.0. The Balaban J connectivity index is 1.86. The number of ether oxygens (including phenoxy) is 1. The highest BCUT2D eigenvalue weighted by Gasteiger charge is 2.28. The van der Waals surface area contributed by atoms with Crippen molar-refractivity contribution in [3.05, 3.63) is 58.5 Å². The van der Waals surface area contributed by atoms with Gasteiger partial charge in [-0.15, -0.1) is 0 Å². The molecule has 2 aromatic rings. The third-order valence-corrected chi connectivity index (χ3v) is 3.97. The number of methoxy groups -OCH3 is 1. The van der Waals surface area contributed by atoms with Crippen LogP contribution in [0.25, 0.3) is 0 Å². The number of carbonyl (C=O) groups excluding carboxylic acids is 1. The Morgan fingerprint density at radius 1 is 1.24 bits per heavy atom. The van der Waals surface area contributed by atoms with Crippen molar-refractivity contribution in [1.82, 2.24) is 10.6 Å². The lowest BCUT2D eigenvalue weighted by molar-refractivity contribution is 0.0579. The highest BCUT2D eigenvalue weighted by atomic mass is 16.5. The first-order valence-corrected chi connectivity index (χ1v) is 8.20. The molecule has 1 atom stereocenters. The van der Waals surface area contributed by atoms with Gasteiger partial charge >= 0.3 is 6.03 Å². The fourth-order valence-electron chi connectivity index (χ4n) is 2.75. The van der Waals surface area contributed by atoms with Gasteiger partial charge in [0.1, 0.15) is 17.1 Å². The van der Waals surface area contributed by atoms with Crippen LogP contribution in [0.5, 0.6) is 0 Å². The van der Waals surface area contributed by atoms with Gasteiger partial charge in [0.25, 0.3) is 0 Å². The van der Waals surface area contributed by atoms with Crippen LogP contribution >= 0.6 is 0 Å². The minimum Gasteiger partial charge on any atom is -0.466 e. The molecule has 0 aliphatic carbocycles. The number of hydrogen-bond acceptors (Lipinski definition) is 4. The Bertz CT molecular complexity index is 722. The molecule has 1 heterocycles. The zero-order valence-corrected chi connectivity index (χ0v) is 15.2. The molecule has 0 saturated carbocycles. The van der Waals surface area contributed by atoms with E-state index >= 15 is 0 Å². The van der Waals surface area contributed by atoms with E-state index in [1.807, 2.05) is 31.2 Å². The van der Waals surface area contributed by atoms with Crippen molar-refractivity contribution < 1.29 is 19.1 Å². The van der Waals surface area contributed by atoms with Crippen LogP contribution in [0.2, 0.25) is 0 Å². The standard InChI is InChI=1S/C19H26N2O4/c1-13-8-17(14(2)25-13)19(3,23)12-21-18(22)20-10-15-6-5-7-16(9-15)11-24-4/h5-9,23H,10-12H2,1-4H3,(H2,20,21,22). The Morgan fingerprint density at radius 2 is 1.96 bits per heavy atom. The summed E-state index contributed by atoms with van der Waals surface area (Å²) in [5.41, 5.74) is 1.52. The number of hydrogen-bond donors (Lipinski definition) is 3. The van der Waals surface area contributed by atoms with E-state index in [1.165, 1.54) is 0 Å². The van der Waals surface area contributed by atoms with E-state index < -0.39 is 5.60 Å². The van der Waals surface area contributed by atoms with Crippen LogP contribution in [-0.4, -0.2) is 24.8 Å². The summed E-state index contributed by atoms with van der Waals surface area (Å²) in [6.45, 7) is 6.29. The van der Waals surface area contributed by atoms with Crippen molar-refractivity contribution >= 4 is 6.03 Å². The molecular weight excluding hydrogens is 320 g/mol. The van der Waals surface area contributed by atoms with Crippen LogP contribution in [0.15, 0.2) is 34.7 Å². The maximum absolute atomic E-state index is 12.0. The number of benzene rings is 1. The Kier molecular flexibility index (Phi) is 6.22. The molecule has 0 bridgehead atoms. The lowest BCUT2D eigenvalue weighted by atomic mass is 9.96. The molecule has 0 aliphatic rings. The summed E-state index contributed by atoms with van der Waals surface area (Å²) in [6, 6.07) is 9.27. The minimum atomic E-state index is -1.20. The van der Waals surface area contributed by atoms with Crippen molar-refractivity contribution in [3.8, 4) is 0 Å². The monoisotopic (exact) mass is 346 g/mol. The predicted octanol–water partition coefficient (Wildman–Crippen LogP) is 2.75. The van der Waals surface area contributed by atoms with Crippen LogP contribution in [-0.2, 0) is 23.5 Å². The molecule has 1 aromatic heterocycles. The number of aliphatic hydroxyl groups is 1. The number of nitrogens with one attached hydrogen (secondary N) is 2. The number of urea groups is 1. The van der Waals surface area contributed by atoms with E-state index in [-0.39, 0.29) is 12.6 Å². The molecule has 1 aromatic carbocycles. The normalized spacial score (nSPS) is 13.3. The minimum absolute atomic E-state index is 0.0857. The fraction of sp³-hybridized carbons (Fsp3) is 0.421. The molecule has 2 amide bonds. The molecule has 6 heteroatoms. The second-order valence-corrected chi connectivity index (χ2v) is 6.39. The van der Waals surface area contributed by atoms with Crippen molar-refractivity contribution in [2.24, 2.45) is 0 Å². The number of carbonyl (C=O) groups is 1. The lowest BCUT2D eigenvalue weighted by Gasteiger charge is -2.23. The van der Waals surface area contributed by atoms with Gasteiger partial charge in [-0.3, -0.25) is 0 Å². The number of furan rings is 1. The number of aryl methyl sites for hydroxylation is 2. The summed E-state index contributed by atoms with van der Waals surface area (Å²) >= 11 is 0. The first-order valence-electron chi connectivity index (χ1n) is 8.20. The average Bonchev–Trinajstić information content (AvgIpc) is 2.91. The molecular formula is C19H26N2O4. The van der Waals surface area contributed by atoms with E-state index in [1.54, 1.807) is 27.0 Å². The zero-order valence-electron chi connectivity index (χ0n) is 15.2. The molecule has 0 radical (unpaired) electrons. The molecule has 25 heavy (non-hydrogen) atoms. The SMILES string of the molecule is COCc1cccc(CNC(=O)NCC(C)(O)c2cc(C)oc2C)c1. The Labute approximate surface area is 148 Å². The summed E-state index contributed by atoms with van der Waals surface area (Å²) < 4.78 is 10.5. The van der Waals surface area contributed by atoms with Gasteiger partial charge in [0.15, 0.2) is 0 Å². The van der Waals surface area contributed by atoms with Gasteiger partial charge in [-0.05, 0) is 38.0 Å². The maximum atomic E-state index is 12.0. The largest absolute Gasteiger partial charge is 0.466 e. The molecule has 3 N–H and O–H groups in total. The van der Waals surface area contributed by atoms with Gasteiger partial charge in [-0.2, -0.15) is 0 Å². The lowest BCUT2D eigenvalue weighted by Crippen LogP contribution is -2.43. The van der Waals surface area contributed by atoms with Crippen LogP contribution in [0.1, 0.15) is 35.1 Å². The van der Waals surface area contributed by atoms with E-state index in [0.29, 0.717) is 24.5 Å². The number of rotatable bonds is 7. The fourth-order valence-corrected chi connectivity index (χ4v) is 2.75. The van der Waals surface area contributed by atoms with Gasteiger partial charge in [0.2, 0.25) is 0 Å². The summed E-state index contributed by atoms with van der Waals surface area (Å²) in [4.78, 5) is 12.0. The van der Waals surface area contributed by atoms with Crippen molar-refractivity contribution in [2.45, 2.75) is 39.5 Å². The average molecular weight is 346 g/mol. The van der Waals surface area contributed by atoms with Crippen molar-refractivity contribution in [3.63, 3.8) is 0 Å². The molecule has 2 rings (SSSR count). The molecule has 136 valence electrons. The van der Waals surface area contributed by atoms with Gasteiger partial charge in [0.05, 0.1) is 13.2 Å². The highest BCUT2D eigenvalue weighted by molar-refractivity contribution is 5.73. The Morgan fingerprint density at radius 3 is 2.60 bits per heavy atom. The van der Waals surface area contributed by atoms with Crippen LogP contribution in [0, 0.1) is 13.8 Å². The molecule has 6 nitrogen and oxygen atoms in total. The third-order valence-electron chi connectivity index (χ3n) is 3.97. The predicted molar refractivity (Wildman–Crippen MR) is 95.1 cm³/mol. The van der Waals surface area contributed by atoms with E-state index in [4.69, 9.17) is 9.15 Å². The van der Waals surface area contributed by atoms with Gasteiger partial charge in [-0.25, -0.2) is 4.79 Å². The van der Waals surface area contributed by atoms with Gasteiger partial charge in [0, 0.05) is 19.2 Å². The van der Waals surface area contributed by atoms with E-state index in [2.05, 4.69) is 10.6 Å². The topological polar surface area (TPSA) is 83.7 Å². The van der Waals surface area contributed by atoms with Crippen LogP contribution in [0.3, 0.4) is 0 Å². The van der Waals surface area contributed by atoms with Crippen LogP contribution < -0.4 is 10.6 Å². The zero-order chi connectivity index (χ0) is 18.4. The molecule has 0 spiro atoms. The van der Waals surface area contributed by atoms with Gasteiger partial charge in [-0.1, -0.05) is 24.3 Å². The van der Waals surface area contributed by atoms with Crippen molar-refractivity contribution in [1.29, 1.82) is 0 Å². The third kappa shape index (κ3) is 5.34. The second kappa shape index (κ2) is 8.18. The number of amides is 2. The summed E-state index contributed by atoms with van der Waals surface area (Å²) in [5.74, 6) is 1.38. The second-order valence-electron chi connectivity index (χ2n) is 6.39. The van der Waals surface area contributed by atoms with Gasteiger partial charge < -0.3 is 24.9 Å². The highest BCUT2D eigenvalue weighted by Crippen LogP contribution is 2.26. The van der Waals surface area contributed by atoms with E-state index in [0.717, 1.165) is 16.9 Å². The molecule has 0 saturated heterocycles. The summed E-state index contributed by atoms with van der Waals surface area (Å²) in [7, 11) is 1.65. The van der Waals surface area contributed by atoms with Crippen molar-refractivity contribution in [2.75, 3.05) is 13.7 Å². The molecule has 1 unspecified atom stereocenters.